The molecule has 2 heterocycles. The minimum absolute atomic E-state index is 0.0636. The van der Waals surface area contributed by atoms with Crippen LogP contribution in [0.3, 0.4) is 0 Å². The number of aliphatic hydroxyl groups is 1. The maximum absolute atomic E-state index is 14.4. The lowest BCUT2D eigenvalue weighted by Crippen LogP contribution is -2.47. The molecule has 12 heteroatoms. The van der Waals surface area contributed by atoms with E-state index in [1.165, 1.54) is 0 Å². The highest BCUT2D eigenvalue weighted by molar-refractivity contribution is 6.02. The standard InChI is InChI=1S/C38H50N4O8/c1-25-20-42(26(2)23-43)37(44)32-18-29(39-38(45)40-30-12-16-34-35(19-30)49-24-48-34)11-15-33(32)50-27(3)8-6-7-17-47-36(25)22-41(4)21-28-9-13-31(46-5)14-10-28/h9-16,18-19,25-27,36,43H,6-8,17,20-24H2,1-5H3,(H2,39,40,45)/t25-,26+,27+,36+/m1/s1. The van der Waals surface area contributed by atoms with Gasteiger partial charge in [0.2, 0.25) is 6.79 Å². The van der Waals surface area contributed by atoms with Crippen LogP contribution in [0, 0.1) is 5.92 Å². The number of carbonyl (C=O) groups is 2. The van der Waals surface area contributed by atoms with Crippen molar-refractivity contribution in [2.45, 2.75) is 64.8 Å². The van der Waals surface area contributed by atoms with Crippen LogP contribution in [0.5, 0.6) is 23.0 Å². The summed E-state index contributed by atoms with van der Waals surface area (Å²) in [4.78, 5) is 31.4. The number of ether oxygens (including phenoxy) is 5. The maximum Gasteiger partial charge on any atom is 0.323 e. The molecule has 4 atom stereocenters. The summed E-state index contributed by atoms with van der Waals surface area (Å²) in [6.07, 6.45) is 2.24. The summed E-state index contributed by atoms with van der Waals surface area (Å²) in [6, 6.07) is 17.3. The van der Waals surface area contributed by atoms with Crippen molar-refractivity contribution in [3.63, 3.8) is 0 Å². The molecule has 5 rings (SSSR count). The van der Waals surface area contributed by atoms with Gasteiger partial charge >= 0.3 is 6.03 Å². The predicted molar refractivity (Wildman–Crippen MR) is 191 cm³/mol. The van der Waals surface area contributed by atoms with Gasteiger partial charge in [0.1, 0.15) is 11.5 Å². The van der Waals surface area contributed by atoms with E-state index in [0.717, 1.165) is 37.1 Å². The van der Waals surface area contributed by atoms with Gasteiger partial charge in [0.05, 0.1) is 37.5 Å². The van der Waals surface area contributed by atoms with Crippen LogP contribution < -0.4 is 29.6 Å². The second-order valence-electron chi connectivity index (χ2n) is 13.2. The van der Waals surface area contributed by atoms with E-state index < -0.39 is 12.1 Å². The van der Waals surface area contributed by atoms with Gasteiger partial charge in [-0.1, -0.05) is 19.1 Å². The van der Waals surface area contributed by atoms with Crippen molar-refractivity contribution in [1.29, 1.82) is 0 Å². The molecular formula is C38H50N4O8. The van der Waals surface area contributed by atoms with Crippen LogP contribution in [0.25, 0.3) is 0 Å². The number of methoxy groups -OCH3 is 1. The first kappa shape index (κ1) is 36.8. The minimum atomic E-state index is -0.487. The Kier molecular flexibility index (Phi) is 12.8. The molecule has 0 saturated heterocycles. The molecule has 0 bridgehead atoms. The third-order valence-electron chi connectivity index (χ3n) is 9.04. The van der Waals surface area contributed by atoms with E-state index in [4.69, 9.17) is 23.7 Å². The molecule has 0 radical (unpaired) electrons. The third kappa shape index (κ3) is 9.80. The summed E-state index contributed by atoms with van der Waals surface area (Å²) >= 11 is 0. The minimum Gasteiger partial charge on any atom is -0.497 e. The van der Waals surface area contributed by atoms with Crippen molar-refractivity contribution < 1.29 is 38.4 Å². The Bertz CT molecular complexity index is 1590. The monoisotopic (exact) mass is 690 g/mol. The SMILES string of the molecule is COc1ccc(CN(C)C[C@@H]2OCCCC[C@H](C)Oc3ccc(NC(=O)Nc4ccc5c(c4)OCO5)cc3C(=O)N([C@@H](C)CO)C[C@H]2C)cc1. The number of benzene rings is 3. The topological polar surface area (TPSA) is 131 Å². The average molecular weight is 691 g/mol. The van der Waals surface area contributed by atoms with E-state index in [-0.39, 0.29) is 37.4 Å². The second-order valence-corrected chi connectivity index (χ2v) is 13.2. The molecule has 3 aromatic rings. The van der Waals surface area contributed by atoms with E-state index >= 15 is 0 Å². The van der Waals surface area contributed by atoms with Crippen LogP contribution in [0.1, 0.15) is 56.0 Å². The van der Waals surface area contributed by atoms with E-state index in [9.17, 15) is 14.7 Å². The summed E-state index contributed by atoms with van der Waals surface area (Å²) < 4.78 is 28.9. The quantitative estimate of drug-likeness (QED) is 0.248. The molecule has 12 nitrogen and oxygen atoms in total. The van der Waals surface area contributed by atoms with E-state index in [2.05, 4.69) is 41.6 Å². The number of hydrogen-bond donors (Lipinski definition) is 3. The number of aliphatic hydroxyl groups excluding tert-OH is 1. The molecule has 2 aliphatic heterocycles. The van der Waals surface area contributed by atoms with Gasteiger partial charge in [0.25, 0.3) is 5.91 Å². The van der Waals surface area contributed by atoms with Crippen LogP contribution in [0.4, 0.5) is 16.2 Å². The fraction of sp³-hybridized carbons (Fsp3) is 0.474. The van der Waals surface area contributed by atoms with Crippen LogP contribution in [0.2, 0.25) is 0 Å². The lowest BCUT2D eigenvalue weighted by molar-refractivity contribution is -0.0177. The smallest absolute Gasteiger partial charge is 0.323 e. The highest BCUT2D eigenvalue weighted by Crippen LogP contribution is 2.34. The Morgan fingerprint density at radius 2 is 1.70 bits per heavy atom. The van der Waals surface area contributed by atoms with Gasteiger partial charge in [-0.3, -0.25) is 9.69 Å². The molecule has 3 aromatic carbocycles. The first-order valence-electron chi connectivity index (χ1n) is 17.3. The molecule has 0 fully saturated rings. The van der Waals surface area contributed by atoms with Crippen molar-refractivity contribution in [3.8, 4) is 23.0 Å². The number of hydrogen-bond acceptors (Lipinski definition) is 9. The lowest BCUT2D eigenvalue weighted by atomic mass is 10.0. The molecule has 270 valence electrons. The molecule has 50 heavy (non-hydrogen) atoms. The van der Waals surface area contributed by atoms with Gasteiger partial charge in [-0.15, -0.1) is 0 Å². The molecule has 0 aliphatic carbocycles. The molecule has 0 unspecified atom stereocenters. The number of carbonyl (C=O) groups excluding carboxylic acids is 2. The Balaban J connectivity index is 1.35. The van der Waals surface area contributed by atoms with E-state index in [1.54, 1.807) is 48.4 Å². The molecule has 0 saturated carbocycles. The summed E-state index contributed by atoms with van der Waals surface area (Å²) in [7, 11) is 3.72. The number of nitrogens with zero attached hydrogens (tertiary/aromatic N) is 2. The van der Waals surface area contributed by atoms with Crippen LogP contribution in [0.15, 0.2) is 60.7 Å². The number of amides is 3. The third-order valence-corrected chi connectivity index (χ3v) is 9.04. The average Bonchev–Trinajstić information content (AvgIpc) is 3.58. The summed E-state index contributed by atoms with van der Waals surface area (Å²) in [5.74, 6) is 2.04. The van der Waals surface area contributed by atoms with Crippen LogP contribution in [-0.2, 0) is 11.3 Å². The number of nitrogens with one attached hydrogen (secondary N) is 2. The lowest BCUT2D eigenvalue weighted by Gasteiger charge is -2.36. The predicted octanol–water partition coefficient (Wildman–Crippen LogP) is 6.00. The summed E-state index contributed by atoms with van der Waals surface area (Å²) in [5, 5.41) is 15.9. The van der Waals surface area contributed by atoms with Crippen molar-refractivity contribution in [2.24, 2.45) is 5.92 Å². The number of urea groups is 1. The molecule has 3 amide bonds. The maximum atomic E-state index is 14.4. The van der Waals surface area contributed by atoms with Crippen molar-refractivity contribution in [3.05, 3.63) is 71.8 Å². The summed E-state index contributed by atoms with van der Waals surface area (Å²) in [5.41, 5.74) is 2.41. The zero-order valence-electron chi connectivity index (χ0n) is 29.6. The Labute approximate surface area is 294 Å². The molecular weight excluding hydrogens is 640 g/mol. The van der Waals surface area contributed by atoms with E-state index in [1.807, 2.05) is 26.0 Å². The van der Waals surface area contributed by atoms with E-state index in [0.29, 0.717) is 53.9 Å². The molecule has 0 aromatic heterocycles. The zero-order valence-corrected chi connectivity index (χ0v) is 29.6. The fourth-order valence-corrected chi connectivity index (χ4v) is 6.15. The summed E-state index contributed by atoms with van der Waals surface area (Å²) in [6.45, 7) is 8.14. The molecule has 2 aliphatic rings. The first-order valence-corrected chi connectivity index (χ1v) is 17.3. The Hall–Kier alpha value is -4.52. The molecule has 0 spiro atoms. The number of likely N-dealkylation sites (N-methyl/N-ethyl adjacent to an activating group) is 1. The van der Waals surface area contributed by atoms with Crippen molar-refractivity contribution in [2.75, 3.05) is 57.9 Å². The largest absolute Gasteiger partial charge is 0.497 e. The number of anilines is 2. The normalized spacial score (nSPS) is 20.3. The van der Waals surface area contributed by atoms with Gasteiger partial charge < -0.3 is 44.3 Å². The van der Waals surface area contributed by atoms with Crippen LogP contribution >= 0.6 is 0 Å². The fourth-order valence-electron chi connectivity index (χ4n) is 6.15. The van der Waals surface area contributed by atoms with Crippen molar-refractivity contribution in [1.82, 2.24) is 9.80 Å². The second kappa shape index (κ2) is 17.4. The molecule has 3 N–H and O–H groups in total. The highest BCUT2D eigenvalue weighted by Gasteiger charge is 2.30. The highest BCUT2D eigenvalue weighted by atomic mass is 16.7. The van der Waals surface area contributed by atoms with Crippen molar-refractivity contribution >= 4 is 23.3 Å². The first-order chi connectivity index (χ1) is 24.1. The Morgan fingerprint density at radius 3 is 2.42 bits per heavy atom. The number of fused-ring (bicyclic) bond motifs is 2. The van der Waals surface area contributed by atoms with Crippen LogP contribution in [-0.4, -0.2) is 92.3 Å². The van der Waals surface area contributed by atoms with Gasteiger partial charge in [0.15, 0.2) is 11.5 Å². The van der Waals surface area contributed by atoms with Gasteiger partial charge in [-0.2, -0.15) is 0 Å². The van der Waals surface area contributed by atoms with Gasteiger partial charge in [-0.25, -0.2) is 4.79 Å². The van der Waals surface area contributed by atoms with Gasteiger partial charge in [-0.05, 0) is 88.2 Å². The zero-order chi connectivity index (χ0) is 35.6. The van der Waals surface area contributed by atoms with Gasteiger partial charge in [0, 0.05) is 49.6 Å². The number of rotatable bonds is 9. The Morgan fingerprint density at radius 1 is 1.00 bits per heavy atom.